The summed E-state index contributed by atoms with van der Waals surface area (Å²) in [6, 6.07) is 9.62. The van der Waals surface area contributed by atoms with Crippen molar-refractivity contribution in [3.63, 3.8) is 0 Å². The number of benzene rings is 1. The van der Waals surface area contributed by atoms with Gasteiger partial charge in [0.1, 0.15) is 6.61 Å². The number of fused-ring (bicyclic) bond motifs is 1. The maximum atomic E-state index is 5.73. The van der Waals surface area contributed by atoms with E-state index in [9.17, 15) is 0 Å². The molecular formula is C15H19LiN2O. The Labute approximate surface area is 127 Å². The quantitative estimate of drug-likeness (QED) is 0.380. The molecular weight excluding hydrogens is 231 g/mol. The van der Waals surface area contributed by atoms with Gasteiger partial charge in [0.25, 0.3) is 6.02 Å². The zero-order valence-corrected chi connectivity index (χ0v) is 12.0. The summed E-state index contributed by atoms with van der Waals surface area (Å²) in [5.41, 5.74) is 2.69. The first-order valence-corrected chi connectivity index (χ1v) is 6.64. The Morgan fingerprint density at radius 1 is 1.37 bits per heavy atom. The van der Waals surface area contributed by atoms with Crippen LogP contribution in [0.3, 0.4) is 0 Å². The molecule has 1 atom stereocenters. The largest absolute Gasteiger partial charge is 1.00 e. The molecule has 0 aromatic heterocycles. The fourth-order valence-electron chi connectivity index (χ4n) is 2.39. The first kappa shape index (κ1) is 14.4. The van der Waals surface area contributed by atoms with Crippen LogP contribution in [0.2, 0.25) is 0 Å². The molecule has 0 aliphatic carbocycles. The summed E-state index contributed by atoms with van der Waals surface area (Å²) in [4.78, 5) is 6.82. The Hall–Kier alpha value is -1.04. The van der Waals surface area contributed by atoms with Crippen LogP contribution >= 0.6 is 0 Å². The van der Waals surface area contributed by atoms with E-state index in [4.69, 9.17) is 4.74 Å². The fraction of sp³-hybridized carbons (Fsp3) is 0.467. The van der Waals surface area contributed by atoms with E-state index in [-0.39, 0.29) is 18.9 Å². The van der Waals surface area contributed by atoms with Gasteiger partial charge in [-0.3, -0.25) is 0 Å². The van der Waals surface area contributed by atoms with Crippen molar-refractivity contribution < 1.29 is 23.6 Å². The SMILES string of the molecule is CC(C)[C@H]1COC(N2CCc3ccccc3[13CH-]2)=N1.[6Li+]. The van der Waals surface area contributed by atoms with Gasteiger partial charge < -0.3 is 9.64 Å². The molecule has 0 saturated carbocycles. The van der Waals surface area contributed by atoms with Crippen molar-refractivity contribution >= 4 is 6.02 Å². The number of aliphatic imine (C=N–C) groups is 1. The van der Waals surface area contributed by atoms with Crippen LogP contribution in [0.5, 0.6) is 0 Å². The number of hydrogen-bond acceptors (Lipinski definition) is 3. The second-order valence-electron chi connectivity index (χ2n) is 5.31. The summed E-state index contributed by atoms with van der Waals surface area (Å²) in [5.74, 6) is 0.541. The van der Waals surface area contributed by atoms with Gasteiger partial charge in [-0.25, -0.2) is 4.99 Å². The van der Waals surface area contributed by atoms with Gasteiger partial charge in [-0.15, -0.1) is 17.7 Å². The van der Waals surface area contributed by atoms with Gasteiger partial charge in [-0.1, -0.05) is 32.9 Å². The van der Waals surface area contributed by atoms with Crippen molar-refractivity contribution in [1.82, 2.24) is 4.90 Å². The van der Waals surface area contributed by atoms with Gasteiger partial charge in [0, 0.05) is 6.54 Å². The molecule has 0 unspecified atom stereocenters. The number of rotatable bonds is 1. The molecule has 1 aromatic carbocycles. The molecule has 2 heterocycles. The molecule has 1 aromatic rings. The minimum Gasteiger partial charge on any atom is -0.463 e. The average Bonchev–Trinajstić information content (AvgIpc) is 2.88. The second kappa shape index (κ2) is 5.94. The zero-order valence-electron chi connectivity index (χ0n) is 12.0. The summed E-state index contributed by atoms with van der Waals surface area (Å²) in [6.07, 6.45) is 1.06. The molecule has 0 radical (unpaired) electrons. The minimum absolute atomic E-state index is 0. The van der Waals surface area contributed by atoms with Crippen LogP contribution in [0.15, 0.2) is 29.3 Å². The van der Waals surface area contributed by atoms with Crippen LogP contribution < -0.4 is 18.9 Å². The molecule has 19 heavy (non-hydrogen) atoms. The van der Waals surface area contributed by atoms with Crippen LogP contribution in [-0.4, -0.2) is 30.1 Å². The van der Waals surface area contributed by atoms with E-state index < -0.39 is 0 Å². The van der Waals surface area contributed by atoms with Crippen molar-refractivity contribution in [3.05, 3.63) is 41.9 Å². The summed E-state index contributed by atoms with van der Waals surface area (Å²) in [6.45, 7) is 8.21. The van der Waals surface area contributed by atoms with Crippen LogP contribution in [0.4, 0.5) is 0 Å². The third kappa shape index (κ3) is 2.93. The Balaban J connectivity index is 0.00000133. The van der Waals surface area contributed by atoms with E-state index in [1.807, 2.05) is 0 Å². The predicted octanol–water partition coefficient (Wildman–Crippen LogP) is -0.531. The maximum absolute atomic E-state index is 5.73. The molecule has 0 fully saturated rings. The van der Waals surface area contributed by atoms with Gasteiger partial charge in [-0.05, 0) is 5.92 Å². The molecule has 2 aliphatic heterocycles. The van der Waals surface area contributed by atoms with E-state index in [1.54, 1.807) is 0 Å². The molecule has 0 amide bonds. The summed E-state index contributed by atoms with van der Waals surface area (Å²) < 4.78 is 5.73. The molecule has 3 nitrogen and oxygen atoms in total. The van der Waals surface area contributed by atoms with Crippen LogP contribution in [-0.2, 0) is 11.2 Å². The molecule has 0 saturated heterocycles. The number of nitrogens with zero attached hydrogens (tertiary/aromatic N) is 2. The average molecular weight is 250 g/mol. The Morgan fingerprint density at radius 3 is 2.89 bits per heavy atom. The predicted molar refractivity (Wildman–Crippen MR) is 72.3 cm³/mol. The molecule has 0 N–H and O–H groups in total. The van der Waals surface area contributed by atoms with Crippen LogP contribution in [0.25, 0.3) is 0 Å². The number of ether oxygens (including phenoxy) is 1. The van der Waals surface area contributed by atoms with E-state index in [0.717, 1.165) is 25.6 Å². The summed E-state index contributed by atoms with van der Waals surface area (Å²) >= 11 is 0. The van der Waals surface area contributed by atoms with Crippen molar-refractivity contribution in [2.24, 2.45) is 10.9 Å². The second-order valence-corrected chi connectivity index (χ2v) is 5.31. The van der Waals surface area contributed by atoms with Crippen molar-refractivity contribution in [2.45, 2.75) is 26.3 Å². The third-order valence-electron chi connectivity index (χ3n) is 3.65. The first-order valence-electron chi connectivity index (χ1n) is 6.64. The monoisotopic (exact) mass is 250 g/mol. The molecule has 2 aliphatic rings. The molecule has 3 rings (SSSR count). The molecule has 4 heteroatoms. The molecule has 0 spiro atoms. The van der Waals surface area contributed by atoms with Gasteiger partial charge in [-0.2, -0.15) is 11.6 Å². The molecule has 0 bridgehead atoms. The van der Waals surface area contributed by atoms with Crippen LogP contribution in [0.1, 0.15) is 25.0 Å². The first-order chi connectivity index (χ1) is 8.74. The third-order valence-corrected chi connectivity index (χ3v) is 3.65. The van der Waals surface area contributed by atoms with Gasteiger partial charge >= 0.3 is 18.9 Å². The van der Waals surface area contributed by atoms with E-state index in [1.165, 1.54) is 11.1 Å². The number of amidine groups is 1. The number of hydrogen-bond donors (Lipinski definition) is 0. The van der Waals surface area contributed by atoms with E-state index >= 15 is 0 Å². The van der Waals surface area contributed by atoms with E-state index in [0.29, 0.717) is 12.0 Å². The Bertz CT molecular complexity index is 473. The smallest absolute Gasteiger partial charge is 0.463 e. The standard InChI is InChI=1S/C15H19N2O.Li/c1-11(2)14-10-18-15(16-14)17-8-7-12-5-3-4-6-13(12)9-17;/h3-6,9,11,14H,7-8,10H2,1-2H3;/q-1;+1/t14-;/m1./s1/i9+1;1-1. The fourth-order valence-corrected chi connectivity index (χ4v) is 2.39. The normalized spacial score (nSPS) is 21.1. The Kier molecular flexibility index (Phi) is 4.49. The molecule has 96 valence electrons. The van der Waals surface area contributed by atoms with Crippen molar-refractivity contribution in [2.75, 3.05) is 13.2 Å². The maximum Gasteiger partial charge on any atom is 1.00 e. The Morgan fingerprint density at radius 2 is 2.16 bits per heavy atom. The van der Waals surface area contributed by atoms with E-state index in [2.05, 4.69) is 54.6 Å². The summed E-state index contributed by atoms with van der Waals surface area (Å²) in [7, 11) is 0. The van der Waals surface area contributed by atoms with Crippen molar-refractivity contribution in [1.29, 1.82) is 0 Å². The van der Waals surface area contributed by atoms with Crippen molar-refractivity contribution in [3.8, 4) is 0 Å². The topological polar surface area (TPSA) is 24.8 Å². The zero-order chi connectivity index (χ0) is 12.5. The minimum atomic E-state index is 0. The van der Waals surface area contributed by atoms with Crippen LogP contribution in [0, 0.1) is 12.5 Å². The van der Waals surface area contributed by atoms with Gasteiger partial charge in [0.05, 0.1) is 6.04 Å². The summed E-state index contributed by atoms with van der Waals surface area (Å²) in [5, 5.41) is 0. The van der Waals surface area contributed by atoms with Gasteiger partial charge in [0.15, 0.2) is 0 Å². The van der Waals surface area contributed by atoms with Gasteiger partial charge in [0.2, 0.25) is 0 Å².